The Labute approximate surface area is 135 Å². The summed E-state index contributed by atoms with van der Waals surface area (Å²) in [6, 6.07) is 13.9. The first-order valence-electron chi connectivity index (χ1n) is 7.33. The summed E-state index contributed by atoms with van der Waals surface area (Å²) in [5.41, 5.74) is 2.47. The number of rotatable bonds is 5. The molecule has 4 heteroatoms. The fourth-order valence-corrected chi connectivity index (χ4v) is 2.07. The summed E-state index contributed by atoms with van der Waals surface area (Å²) in [4.78, 5) is 23.2. The smallest absolute Gasteiger partial charge is 0.339 e. The largest absolute Gasteiger partial charge is 0.478 e. The maximum absolute atomic E-state index is 12.1. The van der Waals surface area contributed by atoms with Crippen molar-refractivity contribution in [3.05, 3.63) is 70.8 Å². The van der Waals surface area contributed by atoms with Crippen LogP contribution in [-0.2, 0) is 11.2 Å². The molecule has 4 nitrogen and oxygen atoms in total. The molecule has 0 amide bonds. The molecule has 0 radical (unpaired) electrons. The number of benzene rings is 2. The molecule has 0 unspecified atom stereocenters. The van der Waals surface area contributed by atoms with Crippen molar-refractivity contribution in [3.63, 3.8) is 0 Å². The number of carboxylic acids is 1. The van der Waals surface area contributed by atoms with Crippen LogP contribution in [-0.4, -0.2) is 17.0 Å². The van der Waals surface area contributed by atoms with E-state index in [1.807, 2.05) is 24.3 Å². The maximum atomic E-state index is 12.1. The van der Waals surface area contributed by atoms with E-state index in [1.54, 1.807) is 25.1 Å². The van der Waals surface area contributed by atoms with Gasteiger partial charge in [-0.1, -0.05) is 43.3 Å². The first kappa shape index (κ1) is 16.5. The summed E-state index contributed by atoms with van der Waals surface area (Å²) in [6.45, 7) is 3.72. The van der Waals surface area contributed by atoms with Gasteiger partial charge in [0.1, 0.15) is 11.3 Å². The Morgan fingerprint density at radius 3 is 2.35 bits per heavy atom. The lowest BCUT2D eigenvalue weighted by atomic mass is 10.1. The Hall–Kier alpha value is -2.88. The van der Waals surface area contributed by atoms with E-state index in [-0.39, 0.29) is 11.3 Å². The number of para-hydroxylation sites is 1. The second-order valence-corrected chi connectivity index (χ2v) is 5.11. The quantitative estimate of drug-likeness (QED) is 0.516. The van der Waals surface area contributed by atoms with Crippen LogP contribution in [0.3, 0.4) is 0 Å². The zero-order valence-corrected chi connectivity index (χ0v) is 13.1. The molecule has 0 saturated heterocycles. The number of carbonyl (C=O) groups is 2. The standard InChI is InChI=1S/C19H18O4/c1-3-14-8-10-15(11-9-14)12-13(2)19(22)23-17-7-5-4-6-16(17)18(20)21/h4-12H,3H2,1-2H3,(H,20,21). The van der Waals surface area contributed by atoms with Gasteiger partial charge in [0.05, 0.1) is 0 Å². The minimum atomic E-state index is -1.13. The molecule has 0 heterocycles. The van der Waals surface area contributed by atoms with Gasteiger partial charge in [0.2, 0.25) is 0 Å². The van der Waals surface area contributed by atoms with Gasteiger partial charge in [0.15, 0.2) is 0 Å². The highest BCUT2D eigenvalue weighted by atomic mass is 16.5. The predicted octanol–water partition coefficient (Wildman–Crippen LogP) is 3.96. The Kier molecular flexibility index (Phi) is 5.31. The number of ether oxygens (including phenoxy) is 1. The van der Waals surface area contributed by atoms with Crippen LogP contribution >= 0.6 is 0 Å². The number of aromatic carboxylic acids is 1. The second kappa shape index (κ2) is 7.40. The molecule has 0 aliphatic heterocycles. The van der Waals surface area contributed by atoms with Crippen molar-refractivity contribution in [2.45, 2.75) is 20.3 Å². The molecule has 0 aliphatic carbocycles. The molecule has 2 rings (SSSR count). The van der Waals surface area contributed by atoms with Crippen LogP contribution in [0.5, 0.6) is 5.75 Å². The number of hydrogen-bond acceptors (Lipinski definition) is 3. The maximum Gasteiger partial charge on any atom is 0.339 e. The lowest BCUT2D eigenvalue weighted by Crippen LogP contribution is -2.12. The first-order valence-corrected chi connectivity index (χ1v) is 7.33. The fourth-order valence-electron chi connectivity index (χ4n) is 2.07. The van der Waals surface area contributed by atoms with Crippen molar-refractivity contribution in [1.29, 1.82) is 0 Å². The number of esters is 1. The average Bonchev–Trinajstić information content (AvgIpc) is 2.55. The Balaban J connectivity index is 2.16. The van der Waals surface area contributed by atoms with Gasteiger partial charge < -0.3 is 9.84 Å². The minimum Gasteiger partial charge on any atom is -0.478 e. The summed E-state index contributed by atoms with van der Waals surface area (Å²) in [5, 5.41) is 9.10. The monoisotopic (exact) mass is 310 g/mol. The number of aryl methyl sites for hydroxylation is 1. The van der Waals surface area contributed by atoms with E-state index in [9.17, 15) is 9.59 Å². The van der Waals surface area contributed by atoms with Crippen LogP contribution in [0, 0.1) is 0 Å². The van der Waals surface area contributed by atoms with Crippen molar-refractivity contribution in [2.75, 3.05) is 0 Å². The van der Waals surface area contributed by atoms with Crippen LogP contribution in [0.4, 0.5) is 0 Å². The Bertz CT molecular complexity index is 742. The van der Waals surface area contributed by atoms with E-state index in [0.717, 1.165) is 12.0 Å². The average molecular weight is 310 g/mol. The Morgan fingerprint density at radius 1 is 1.09 bits per heavy atom. The number of carbonyl (C=O) groups excluding carboxylic acids is 1. The molecule has 0 atom stereocenters. The molecule has 0 spiro atoms. The molecule has 118 valence electrons. The lowest BCUT2D eigenvalue weighted by molar-refractivity contribution is -0.130. The molecule has 0 saturated carbocycles. The minimum absolute atomic E-state index is 0.0408. The van der Waals surface area contributed by atoms with Gasteiger partial charge >= 0.3 is 11.9 Å². The summed E-state index contributed by atoms with van der Waals surface area (Å²) in [7, 11) is 0. The van der Waals surface area contributed by atoms with Crippen LogP contribution in [0.15, 0.2) is 54.1 Å². The summed E-state index contributed by atoms with van der Waals surface area (Å²) in [6.07, 6.45) is 2.67. The van der Waals surface area contributed by atoms with Crippen LogP contribution in [0.25, 0.3) is 6.08 Å². The zero-order valence-electron chi connectivity index (χ0n) is 13.1. The van der Waals surface area contributed by atoms with Crippen molar-refractivity contribution < 1.29 is 19.4 Å². The van der Waals surface area contributed by atoms with Crippen molar-refractivity contribution in [1.82, 2.24) is 0 Å². The van der Waals surface area contributed by atoms with Crippen molar-refractivity contribution in [3.8, 4) is 5.75 Å². The van der Waals surface area contributed by atoms with E-state index in [0.29, 0.717) is 5.57 Å². The van der Waals surface area contributed by atoms with E-state index in [1.165, 1.54) is 17.7 Å². The van der Waals surface area contributed by atoms with Gasteiger partial charge in [-0.2, -0.15) is 0 Å². The molecule has 0 aliphatic rings. The molecule has 23 heavy (non-hydrogen) atoms. The van der Waals surface area contributed by atoms with Gasteiger partial charge in [-0.05, 0) is 42.7 Å². The van der Waals surface area contributed by atoms with E-state index in [2.05, 4.69) is 6.92 Å². The molecule has 1 N–H and O–H groups in total. The highest BCUT2D eigenvalue weighted by Crippen LogP contribution is 2.19. The normalized spacial score (nSPS) is 11.1. The van der Waals surface area contributed by atoms with Gasteiger partial charge in [-0.3, -0.25) is 0 Å². The summed E-state index contributed by atoms with van der Waals surface area (Å²) >= 11 is 0. The molecule has 2 aromatic rings. The lowest BCUT2D eigenvalue weighted by Gasteiger charge is -2.07. The second-order valence-electron chi connectivity index (χ2n) is 5.11. The SMILES string of the molecule is CCc1ccc(C=C(C)C(=O)Oc2ccccc2C(=O)O)cc1. The van der Waals surface area contributed by atoms with E-state index in [4.69, 9.17) is 9.84 Å². The zero-order chi connectivity index (χ0) is 16.8. The summed E-state index contributed by atoms with van der Waals surface area (Å²) < 4.78 is 5.20. The third-order valence-electron chi connectivity index (χ3n) is 3.41. The molecule has 2 aromatic carbocycles. The van der Waals surface area contributed by atoms with Gasteiger partial charge in [0, 0.05) is 5.57 Å². The van der Waals surface area contributed by atoms with E-state index >= 15 is 0 Å². The van der Waals surface area contributed by atoms with Gasteiger partial charge in [-0.15, -0.1) is 0 Å². The van der Waals surface area contributed by atoms with Crippen LogP contribution in [0.2, 0.25) is 0 Å². The van der Waals surface area contributed by atoms with Gasteiger partial charge in [0.25, 0.3) is 0 Å². The molecular formula is C19H18O4. The molecule has 0 aromatic heterocycles. The molecule has 0 bridgehead atoms. The third kappa shape index (κ3) is 4.30. The number of hydrogen-bond donors (Lipinski definition) is 1. The highest BCUT2D eigenvalue weighted by molar-refractivity contribution is 5.97. The van der Waals surface area contributed by atoms with Crippen molar-refractivity contribution >= 4 is 18.0 Å². The Morgan fingerprint density at radius 2 is 1.74 bits per heavy atom. The van der Waals surface area contributed by atoms with Gasteiger partial charge in [-0.25, -0.2) is 9.59 Å². The van der Waals surface area contributed by atoms with Crippen LogP contribution < -0.4 is 4.74 Å². The molecule has 0 fully saturated rings. The number of carboxylic acid groups (broad SMARTS) is 1. The predicted molar refractivity (Wildman–Crippen MR) is 88.5 cm³/mol. The topological polar surface area (TPSA) is 63.6 Å². The van der Waals surface area contributed by atoms with E-state index < -0.39 is 11.9 Å². The fraction of sp³-hybridized carbons (Fsp3) is 0.158. The third-order valence-corrected chi connectivity index (χ3v) is 3.41. The van der Waals surface area contributed by atoms with Crippen LogP contribution in [0.1, 0.15) is 35.3 Å². The highest BCUT2D eigenvalue weighted by Gasteiger charge is 2.14. The van der Waals surface area contributed by atoms with Crippen molar-refractivity contribution in [2.24, 2.45) is 0 Å². The summed E-state index contributed by atoms with van der Waals surface area (Å²) in [5.74, 6) is -1.66. The first-order chi connectivity index (χ1) is 11.0. The molecular weight excluding hydrogens is 292 g/mol.